The van der Waals surface area contributed by atoms with Gasteiger partial charge in [-0.25, -0.2) is 0 Å². The lowest BCUT2D eigenvalue weighted by atomic mass is 10.1. The minimum Gasteiger partial charge on any atom is -0.314 e. The molecule has 1 aromatic rings. The molecule has 1 aromatic carbocycles. The van der Waals surface area contributed by atoms with Gasteiger partial charge in [0.15, 0.2) is 0 Å². The Balaban J connectivity index is 2.06. The average Bonchev–Trinajstić information content (AvgIpc) is 2.10. The first-order chi connectivity index (χ1) is 7.18. The Kier molecular flexibility index (Phi) is 3.52. The molecule has 1 aliphatic heterocycles. The molecule has 2 nitrogen and oxygen atoms in total. The number of likely N-dealkylation sites (N-methyl/N-ethyl adjacent to an activating group) is 1. The maximum Gasteiger partial charge on any atom is 0.0637 e. The van der Waals surface area contributed by atoms with Gasteiger partial charge in [-0.15, -0.1) is 0 Å². The van der Waals surface area contributed by atoms with Gasteiger partial charge in [0.05, 0.1) is 10.0 Å². The molecule has 2 rings (SSSR count). The van der Waals surface area contributed by atoms with Crippen LogP contribution in [-0.2, 0) is 6.54 Å². The van der Waals surface area contributed by atoms with E-state index in [0.29, 0.717) is 16.1 Å². The van der Waals surface area contributed by atoms with E-state index in [1.54, 1.807) is 0 Å². The molecular formula is C11H14Cl2N2. The number of hydrogen-bond acceptors (Lipinski definition) is 2. The van der Waals surface area contributed by atoms with E-state index in [4.69, 9.17) is 23.2 Å². The normalized spacial score (nSPS) is 16.8. The first-order valence-corrected chi connectivity index (χ1v) is 5.78. The third-order valence-corrected chi connectivity index (χ3v) is 3.69. The van der Waals surface area contributed by atoms with Crippen molar-refractivity contribution in [1.29, 1.82) is 0 Å². The Hall–Kier alpha value is -0.280. The summed E-state index contributed by atoms with van der Waals surface area (Å²) >= 11 is 12.1. The summed E-state index contributed by atoms with van der Waals surface area (Å²) in [6.45, 7) is 2.98. The van der Waals surface area contributed by atoms with E-state index < -0.39 is 0 Å². The van der Waals surface area contributed by atoms with Gasteiger partial charge in [-0.1, -0.05) is 35.3 Å². The Morgan fingerprint density at radius 3 is 2.73 bits per heavy atom. The molecule has 0 bridgehead atoms. The van der Waals surface area contributed by atoms with Crippen molar-refractivity contribution in [1.82, 2.24) is 10.2 Å². The monoisotopic (exact) mass is 244 g/mol. The molecule has 1 fully saturated rings. The fraction of sp³-hybridized carbons (Fsp3) is 0.455. The third-order valence-electron chi connectivity index (χ3n) is 2.83. The Morgan fingerprint density at radius 1 is 1.40 bits per heavy atom. The van der Waals surface area contributed by atoms with Crippen molar-refractivity contribution in [3.8, 4) is 0 Å². The van der Waals surface area contributed by atoms with Crippen LogP contribution in [0.25, 0.3) is 0 Å². The largest absolute Gasteiger partial charge is 0.314 e. The molecule has 0 aliphatic carbocycles. The molecule has 15 heavy (non-hydrogen) atoms. The van der Waals surface area contributed by atoms with Gasteiger partial charge in [0.2, 0.25) is 0 Å². The minimum absolute atomic E-state index is 0.625. The average molecular weight is 245 g/mol. The SMILES string of the molecule is CN(Cc1cccc(Cl)c1Cl)C1CNC1. The zero-order valence-corrected chi connectivity index (χ0v) is 10.1. The van der Waals surface area contributed by atoms with Gasteiger partial charge in [0.25, 0.3) is 0 Å². The van der Waals surface area contributed by atoms with E-state index in [1.807, 2.05) is 18.2 Å². The minimum atomic E-state index is 0.625. The topological polar surface area (TPSA) is 15.3 Å². The van der Waals surface area contributed by atoms with Crippen molar-refractivity contribution in [2.75, 3.05) is 20.1 Å². The number of nitrogens with zero attached hydrogens (tertiary/aromatic N) is 1. The van der Waals surface area contributed by atoms with E-state index in [0.717, 1.165) is 25.2 Å². The molecule has 0 spiro atoms. The van der Waals surface area contributed by atoms with Gasteiger partial charge >= 0.3 is 0 Å². The molecule has 1 heterocycles. The van der Waals surface area contributed by atoms with Crippen molar-refractivity contribution in [3.05, 3.63) is 33.8 Å². The fourth-order valence-corrected chi connectivity index (χ4v) is 2.03. The summed E-state index contributed by atoms with van der Waals surface area (Å²) in [5, 5.41) is 4.57. The van der Waals surface area contributed by atoms with Crippen LogP contribution in [0.5, 0.6) is 0 Å². The van der Waals surface area contributed by atoms with Crippen LogP contribution in [0.3, 0.4) is 0 Å². The highest BCUT2D eigenvalue weighted by molar-refractivity contribution is 6.42. The first kappa shape index (κ1) is 11.2. The Labute approximate surface area is 100 Å². The van der Waals surface area contributed by atoms with Gasteiger partial charge in [0, 0.05) is 25.7 Å². The van der Waals surface area contributed by atoms with Crippen molar-refractivity contribution in [2.24, 2.45) is 0 Å². The second kappa shape index (κ2) is 4.71. The summed E-state index contributed by atoms with van der Waals surface area (Å²) < 4.78 is 0. The van der Waals surface area contributed by atoms with Crippen LogP contribution in [0.4, 0.5) is 0 Å². The van der Waals surface area contributed by atoms with Crippen molar-refractivity contribution in [2.45, 2.75) is 12.6 Å². The van der Waals surface area contributed by atoms with Crippen LogP contribution in [0.15, 0.2) is 18.2 Å². The molecule has 0 radical (unpaired) electrons. The van der Waals surface area contributed by atoms with Gasteiger partial charge in [-0.2, -0.15) is 0 Å². The predicted molar refractivity (Wildman–Crippen MR) is 64.6 cm³/mol. The zero-order valence-electron chi connectivity index (χ0n) is 8.63. The van der Waals surface area contributed by atoms with Gasteiger partial charge in [-0.3, -0.25) is 4.90 Å². The van der Waals surface area contributed by atoms with E-state index in [2.05, 4.69) is 17.3 Å². The molecule has 1 aliphatic rings. The van der Waals surface area contributed by atoms with E-state index >= 15 is 0 Å². The Bertz CT molecular complexity index is 350. The molecular weight excluding hydrogens is 231 g/mol. The molecule has 1 saturated heterocycles. The van der Waals surface area contributed by atoms with Gasteiger partial charge < -0.3 is 5.32 Å². The van der Waals surface area contributed by atoms with Crippen LogP contribution in [0.2, 0.25) is 10.0 Å². The molecule has 4 heteroatoms. The van der Waals surface area contributed by atoms with Gasteiger partial charge in [-0.05, 0) is 18.7 Å². The summed E-state index contributed by atoms with van der Waals surface area (Å²) in [4.78, 5) is 2.30. The zero-order chi connectivity index (χ0) is 10.8. The lowest BCUT2D eigenvalue weighted by molar-refractivity contribution is 0.173. The van der Waals surface area contributed by atoms with E-state index in [-0.39, 0.29) is 0 Å². The molecule has 0 unspecified atom stereocenters. The summed E-state index contributed by atoms with van der Waals surface area (Å²) in [6.07, 6.45) is 0. The fourth-order valence-electron chi connectivity index (χ4n) is 1.65. The number of benzene rings is 1. The molecule has 82 valence electrons. The van der Waals surface area contributed by atoms with Gasteiger partial charge in [0.1, 0.15) is 0 Å². The first-order valence-electron chi connectivity index (χ1n) is 5.02. The summed E-state index contributed by atoms with van der Waals surface area (Å²) in [6, 6.07) is 6.41. The molecule has 0 saturated carbocycles. The highest BCUT2D eigenvalue weighted by atomic mass is 35.5. The number of nitrogens with one attached hydrogen (secondary N) is 1. The highest BCUT2D eigenvalue weighted by Crippen LogP contribution is 2.26. The van der Waals surface area contributed by atoms with Crippen molar-refractivity contribution in [3.63, 3.8) is 0 Å². The predicted octanol–water partition coefficient (Wildman–Crippen LogP) is 2.40. The summed E-state index contributed by atoms with van der Waals surface area (Å²) in [5.74, 6) is 0. The molecule has 0 aromatic heterocycles. The second-order valence-electron chi connectivity index (χ2n) is 3.94. The number of hydrogen-bond donors (Lipinski definition) is 1. The summed E-state index contributed by atoms with van der Waals surface area (Å²) in [7, 11) is 2.11. The van der Waals surface area contributed by atoms with Crippen molar-refractivity contribution >= 4 is 23.2 Å². The third kappa shape index (κ3) is 2.45. The lowest BCUT2D eigenvalue weighted by Crippen LogP contribution is -2.55. The maximum atomic E-state index is 6.13. The second-order valence-corrected chi connectivity index (χ2v) is 4.73. The molecule has 1 N–H and O–H groups in total. The van der Waals surface area contributed by atoms with Crippen LogP contribution in [-0.4, -0.2) is 31.1 Å². The van der Waals surface area contributed by atoms with Crippen LogP contribution in [0.1, 0.15) is 5.56 Å². The van der Waals surface area contributed by atoms with E-state index in [1.165, 1.54) is 0 Å². The van der Waals surface area contributed by atoms with Crippen LogP contribution >= 0.6 is 23.2 Å². The van der Waals surface area contributed by atoms with Crippen LogP contribution in [0, 0.1) is 0 Å². The quantitative estimate of drug-likeness (QED) is 0.879. The number of rotatable bonds is 3. The summed E-state index contributed by atoms with van der Waals surface area (Å²) in [5.41, 5.74) is 1.10. The number of halogens is 2. The Morgan fingerprint density at radius 2 is 2.13 bits per heavy atom. The smallest absolute Gasteiger partial charge is 0.0637 e. The van der Waals surface area contributed by atoms with Crippen molar-refractivity contribution < 1.29 is 0 Å². The molecule has 0 amide bonds. The lowest BCUT2D eigenvalue weighted by Gasteiger charge is -2.35. The standard InChI is InChI=1S/C11H14Cl2N2/c1-15(9-5-14-6-9)7-8-3-2-4-10(12)11(8)13/h2-4,9,14H,5-7H2,1H3. The van der Waals surface area contributed by atoms with E-state index in [9.17, 15) is 0 Å². The molecule has 0 atom stereocenters. The van der Waals surface area contributed by atoms with Crippen LogP contribution < -0.4 is 5.32 Å². The highest BCUT2D eigenvalue weighted by Gasteiger charge is 2.21. The maximum absolute atomic E-state index is 6.13.